The van der Waals surface area contributed by atoms with Gasteiger partial charge in [0.05, 0.1) is 30.1 Å². The summed E-state index contributed by atoms with van der Waals surface area (Å²) < 4.78 is 5.66. The molecule has 0 radical (unpaired) electrons. The first-order chi connectivity index (χ1) is 16.0. The second kappa shape index (κ2) is 10.7. The number of rotatable bonds is 7. The topological polar surface area (TPSA) is 74.8 Å². The van der Waals surface area contributed by atoms with E-state index in [-0.39, 0.29) is 11.9 Å². The lowest BCUT2D eigenvalue weighted by atomic mass is 10.1. The van der Waals surface area contributed by atoms with E-state index in [1.165, 1.54) is 11.3 Å². The molecule has 1 aliphatic rings. The molecule has 33 heavy (non-hydrogen) atoms. The van der Waals surface area contributed by atoms with Gasteiger partial charge in [-0.25, -0.2) is 9.78 Å². The fraction of sp³-hybridized carbons (Fsp3) is 0.292. The summed E-state index contributed by atoms with van der Waals surface area (Å²) in [5.74, 6) is -0.306. The Labute approximate surface area is 201 Å². The molecule has 9 heteroatoms. The second-order valence-corrected chi connectivity index (χ2v) is 9.23. The Morgan fingerprint density at radius 1 is 1.09 bits per heavy atom. The SMILES string of the molecule is CCOC(=O)c1ccc(N2CCN(C(=O)c3ccccc3)CC2)c(NCc2cnc(Cl)s2)c1. The molecule has 1 aliphatic heterocycles. The number of ether oxygens (including phenoxy) is 1. The fourth-order valence-corrected chi connectivity index (χ4v) is 4.67. The summed E-state index contributed by atoms with van der Waals surface area (Å²) in [6.07, 6.45) is 1.74. The third-order valence-electron chi connectivity index (χ3n) is 5.41. The van der Waals surface area contributed by atoms with Crippen molar-refractivity contribution in [2.24, 2.45) is 0 Å². The highest BCUT2D eigenvalue weighted by Gasteiger charge is 2.24. The minimum Gasteiger partial charge on any atom is -0.462 e. The predicted octanol–water partition coefficient (Wildman–Crippen LogP) is 4.55. The summed E-state index contributed by atoms with van der Waals surface area (Å²) >= 11 is 7.37. The van der Waals surface area contributed by atoms with Crippen LogP contribution in [0.25, 0.3) is 0 Å². The van der Waals surface area contributed by atoms with E-state index in [0.29, 0.717) is 54.9 Å². The van der Waals surface area contributed by atoms with Crippen molar-refractivity contribution in [2.45, 2.75) is 13.5 Å². The lowest BCUT2D eigenvalue weighted by molar-refractivity contribution is 0.0526. The maximum atomic E-state index is 12.8. The zero-order chi connectivity index (χ0) is 23.2. The van der Waals surface area contributed by atoms with Gasteiger partial charge in [-0.05, 0) is 37.3 Å². The van der Waals surface area contributed by atoms with Gasteiger partial charge in [-0.15, -0.1) is 11.3 Å². The molecule has 2 aromatic carbocycles. The molecule has 0 unspecified atom stereocenters. The van der Waals surface area contributed by atoms with Crippen molar-refractivity contribution in [3.63, 3.8) is 0 Å². The monoisotopic (exact) mass is 484 g/mol. The number of thiazole rings is 1. The van der Waals surface area contributed by atoms with Gasteiger partial charge in [0.25, 0.3) is 5.91 Å². The number of esters is 1. The predicted molar refractivity (Wildman–Crippen MR) is 131 cm³/mol. The molecule has 0 bridgehead atoms. The van der Waals surface area contributed by atoms with E-state index >= 15 is 0 Å². The highest BCUT2D eigenvalue weighted by Crippen LogP contribution is 2.30. The molecule has 172 valence electrons. The maximum absolute atomic E-state index is 12.8. The van der Waals surface area contributed by atoms with Crippen LogP contribution in [0.3, 0.4) is 0 Å². The number of nitrogens with zero attached hydrogens (tertiary/aromatic N) is 3. The molecule has 1 saturated heterocycles. The average Bonchev–Trinajstić information content (AvgIpc) is 3.28. The molecular weight excluding hydrogens is 460 g/mol. The van der Waals surface area contributed by atoms with E-state index in [2.05, 4.69) is 15.2 Å². The normalized spacial score (nSPS) is 13.6. The molecule has 0 aliphatic carbocycles. The van der Waals surface area contributed by atoms with E-state index < -0.39 is 0 Å². The van der Waals surface area contributed by atoms with Crippen molar-refractivity contribution < 1.29 is 14.3 Å². The van der Waals surface area contributed by atoms with Crippen LogP contribution in [-0.2, 0) is 11.3 Å². The van der Waals surface area contributed by atoms with Crippen LogP contribution in [0.2, 0.25) is 4.47 Å². The Kier molecular flexibility index (Phi) is 7.47. The second-order valence-electron chi connectivity index (χ2n) is 7.53. The van der Waals surface area contributed by atoms with Crippen LogP contribution >= 0.6 is 22.9 Å². The lowest BCUT2D eigenvalue weighted by Gasteiger charge is -2.37. The molecule has 1 amide bonds. The summed E-state index contributed by atoms with van der Waals surface area (Å²) in [6.45, 7) is 5.27. The van der Waals surface area contributed by atoms with Gasteiger partial charge in [0, 0.05) is 42.8 Å². The Balaban J connectivity index is 1.49. The van der Waals surface area contributed by atoms with Gasteiger partial charge >= 0.3 is 5.97 Å². The highest BCUT2D eigenvalue weighted by atomic mass is 35.5. The van der Waals surface area contributed by atoms with Crippen molar-refractivity contribution in [2.75, 3.05) is 43.0 Å². The van der Waals surface area contributed by atoms with Crippen molar-refractivity contribution in [3.05, 3.63) is 75.2 Å². The van der Waals surface area contributed by atoms with E-state index in [9.17, 15) is 9.59 Å². The quantitative estimate of drug-likeness (QED) is 0.496. The molecule has 3 aromatic rings. The van der Waals surface area contributed by atoms with E-state index in [0.717, 1.165) is 16.3 Å². The summed E-state index contributed by atoms with van der Waals surface area (Å²) in [5.41, 5.74) is 3.00. The number of carbonyl (C=O) groups excluding carboxylic acids is 2. The van der Waals surface area contributed by atoms with Gasteiger partial charge in [0.2, 0.25) is 0 Å². The molecule has 0 spiro atoms. The smallest absolute Gasteiger partial charge is 0.338 e. The van der Waals surface area contributed by atoms with Gasteiger partial charge in [0.15, 0.2) is 4.47 Å². The van der Waals surface area contributed by atoms with Crippen LogP contribution in [0.15, 0.2) is 54.7 Å². The van der Waals surface area contributed by atoms with E-state index in [4.69, 9.17) is 16.3 Å². The first-order valence-electron chi connectivity index (χ1n) is 10.8. The number of carbonyl (C=O) groups is 2. The molecule has 4 rings (SSSR count). The third-order valence-corrected chi connectivity index (χ3v) is 6.53. The van der Waals surface area contributed by atoms with Crippen molar-refractivity contribution in [1.82, 2.24) is 9.88 Å². The first kappa shape index (κ1) is 23.1. The van der Waals surface area contributed by atoms with Gasteiger partial charge in [0.1, 0.15) is 0 Å². The van der Waals surface area contributed by atoms with Crippen molar-refractivity contribution >= 4 is 46.2 Å². The molecule has 1 fully saturated rings. The Morgan fingerprint density at radius 2 is 1.85 bits per heavy atom. The minimum atomic E-state index is -0.355. The average molecular weight is 485 g/mol. The standard InChI is InChI=1S/C24H25ClN4O3S/c1-2-32-23(31)18-8-9-21(20(14-18)26-15-19-16-27-24(25)33-19)28-10-12-29(13-11-28)22(30)17-6-4-3-5-7-17/h3-9,14,16,26H,2,10-13,15H2,1H3. The zero-order valence-corrected chi connectivity index (χ0v) is 19.9. The lowest BCUT2D eigenvalue weighted by Crippen LogP contribution is -2.49. The largest absolute Gasteiger partial charge is 0.462 e. The third kappa shape index (κ3) is 5.64. The molecule has 1 aromatic heterocycles. The van der Waals surface area contributed by atoms with Crippen LogP contribution in [0.1, 0.15) is 32.5 Å². The van der Waals surface area contributed by atoms with Crippen LogP contribution < -0.4 is 10.2 Å². The van der Waals surface area contributed by atoms with Crippen LogP contribution in [0, 0.1) is 0 Å². The Bertz CT molecular complexity index is 1110. The number of piperazine rings is 1. The number of halogens is 1. The van der Waals surface area contributed by atoms with Crippen molar-refractivity contribution in [1.29, 1.82) is 0 Å². The number of nitrogens with one attached hydrogen (secondary N) is 1. The summed E-state index contributed by atoms with van der Waals surface area (Å²) in [4.78, 5) is 34.2. The first-order valence-corrected chi connectivity index (χ1v) is 12.0. The minimum absolute atomic E-state index is 0.0494. The zero-order valence-electron chi connectivity index (χ0n) is 18.3. The molecule has 7 nitrogen and oxygen atoms in total. The number of amides is 1. The van der Waals surface area contributed by atoms with E-state index in [1.807, 2.05) is 47.4 Å². The highest BCUT2D eigenvalue weighted by molar-refractivity contribution is 7.15. The number of hydrogen-bond donors (Lipinski definition) is 1. The van der Waals surface area contributed by atoms with Crippen molar-refractivity contribution in [3.8, 4) is 0 Å². The summed E-state index contributed by atoms with van der Waals surface area (Å²) in [7, 11) is 0. The van der Waals surface area contributed by atoms with Crippen LogP contribution in [-0.4, -0.2) is 54.5 Å². The molecule has 2 heterocycles. The molecule has 1 N–H and O–H groups in total. The maximum Gasteiger partial charge on any atom is 0.338 e. The number of aromatic nitrogens is 1. The Hall–Kier alpha value is -3.10. The fourth-order valence-electron chi connectivity index (χ4n) is 3.76. The molecular formula is C24H25ClN4O3S. The van der Waals surface area contributed by atoms with Gasteiger partial charge < -0.3 is 19.9 Å². The summed E-state index contributed by atoms with van der Waals surface area (Å²) in [5, 5.41) is 3.42. The van der Waals surface area contributed by atoms with Crippen LogP contribution in [0.5, 0.6) is 0 Å². The molecule has 0 atom stereocenters. The van der Waals surface area contributed by atoms with Gasteiger partial charge in [-0.3, -0.25) is 4.79 Å². The van der Waals surface area contributed by atoms with E-state index in [1.54, 1.807) is 19.2 Å². The number of benzene rings is 2. The van der Waals surface area contributed by atoms with Gasteiger partial charge in [-0.2, -0.15) is 0 Å². The number of anilines is 2. The number of hydrogen-bond acceptors (Lipinski definition) is 7. The summed E-state index contributed by atoms with van der Waals surface area (Å²) in [6, 6.07) is 14.9. The Morgan fingerprint density at radius 3 is 2.52 bits per heavy atom. The van der Waals surface area contributed by atoms with Gasteiger partial charge in [-0.1, -0.05) is 29.8 Å². The van der Waals surface area contributed by atoms with Crippen LogP contribution in [0.4, 0.5) is 11.4 Å². The molecule has 0 saturated carbocycles.